The summed E-state index contributed by atoms with van der Waals surface area (Å²) in [5.74, 6) is 0. The molecule has 0 radical (unpaired) electrons. The van der Waals surface area contributed by atoms with E-state index in [2.05, 4.69) is 27.7 Å². The maximum atomic E-state index is 13.4. The Bertz CT molecular complexity index is 1360. The molecular weight excluding hydrogens is 1080 g/mol. The zero-order valence-corrected chi connectivity index (χ0v) is 49.9. The van der Waals surface area contributed by atoms with Gasteiger partial charge in [0, 0.05) is 0 Å². The fourth-order valence-corrected chi connectivity index (χ4v) is 25.3. The van der Waals surface area contributed by atoms with Crippen LogP contribution >= 0.6 is 0 Å². The van der Waals surface area contributed by atoms with Gasteiger partial charge in [0.15, 0.2) is 0 Å². The van der Waals surface area contributed by atoms with E-state index in [1.54, 1.807) is 0 Å². The molecule has 0 heterocycles. The average molecular weight is 1180 g/mol. The second-order valence-corrected chi connectivity index (χ2v) is 31.9. The molecule has 69 heavy (non-hydrogen) atoms. The molecule has 0 aliphatic carbocycles. The van der Waals surface area contributed by atoms with Crippen LogP contribution in [0.3, 0.4) is 0 Å². The molecule has 0 spiro atoms. The third kappa shape index (κ3) is 46.5. The molecule has 0 amide bonds. The van der Waals surface area contributed by atoms with Crippen molar-refractivity contribution in [3.63, 3.8) is 0 Å². The van der Waals surface area contributed by atoms with Crippen LogP contribution < -0.4 is 0 Å². The van der Waals surface area contributed by atoms with E-state index in [1.807, 2.05) is 0 Å². The van der Waals surface area contributed by atoms with E-state index in [1.165, 1.54) is 51.4 Å². The molecule has 0 atom stereocenters. The fourth-order valence-electron chi connectivity index (χ4n) is 7.68. The molecule has 416 valence electrons. The summed E-state index contributed by atoms with van der Waals surface area (Å²) in [5.41, 5.74) is 0. The van der Waals surface area contributed by atoms with Gasteiger partial charge in [-0.2, -0.15) is 0 Å². The molecule has 0 unspecified atom stereocenters. The smallest absolute Gasteiger partial charge is 0.0654 e. The predicted molar refractivity (Wildman–Crippen MR) is 277 cm³/mol. The molecule has 0 N–H and O–H groups in total. The normalized spacial score (nSPS) is 12.9. The van der Waals surface area contributed by atoms with Crippen LogP contribution in [0.5, 0.6) is 0 Å². The molecule has 0 saturated carbocycles. The molecular formula is C48H100O16S4Sn. The molecule has 0 aromatic heterocycles. The van der Waals surface area contributed by atoms with Gasteiger partial charge in [-0.3, -0.25) is 0 Å². The quantitative estimate of drug-likeness (QED) is 0.0409. The summed E-state index contributed by atoms with van der Waals surface area (Å²) >= 11 is -7.68. The Morgan fingerprint density at radius 2 is 0.348 bits per heavy atom. The summed E-state index contributed by atoms with van der Waals surface area (Å²) in [4.78, 5) is 0. The summed E-state index contributed by atoms with van der Waals surface area (Å²) in [6, 6.07) is 0. The van der Waals surface area contributed by atoms with Crippen LogP contribution in [0.25, 0.3) is 0 Å². The van der Waals surface area contributed by atoms with Crippen molar-refractivity contribution in [2.75, 3.05) is 26.4 Å². The van der Waals surface area contributed by atoms with Crippen molar-refractivity contribution >= 4 is 61.6 Å². The standard InChI is InChI=1S/4C12H26O4S.Sn/c4*1-2-3-4-5-6-7-8-9-10-11-12-16-17(13,14)15;/h4*2-12H2,1H3,(H,13,14,15);/q;;;;+4/p-4. The van der Waals surface area contributed by atoms with Crippen LogP contribution in [-0.4, -0.2) is 80.1 Å². The first-order valence-electron chi connectivity index (χ1n) is 27.5. The molecule has 0 aliphatic rings. The SMILES string of the molecule is CCCCCCCCCCCCOS(=O)(=O)[O][Sn]([O]S(=O)(=O)OCCCCCCCCCCCC)([O]S(=O)(=O)OCCCCCCCCCCCC)[O]S(=O)(=O)OCCCCCCCCCCCC. The minimum atomic E-state index is -7.68. The van der Waals surface area contributed by atoms with Crippen molar-refractivity contribution in [1.82, 2.24) is 0 Å². The van der Waals surface area contributed by atoms with Crippen LogP contribution in [0.15, 0.2) is 0 Å². The van der Waals surface area contributed by atoms with Gasteiger partial charge in [-0.25, -0.2) is 0 Å². The van der Waals surface area contributed by atoms with E-state index in [0.29, 0.717) is 25.7 Å². The molecule has 0 saturated heterocycles. The fraction of sp³-hybridized carbons (Fsp3) is 1.00. The molecule has 0 bridgehead atoms. The molecule has 21 heteroatoms. The van der Waals surface area contributed by atoms with Gasteiger partial charge >= 0.3 is 354 Å². The minimum absolute atomic E-state index is 0.240. The molecule has 0 rings (SSSR count). The second-order valence-electron chi connectivity index (χ2n) is 18.5. The van der Waals surface area contributed by atoms with Crippen LogP contribution in [0, 0.1) is 0 Å². The van der Waals surface area contributed by atoms with Crippen molar-refractivity contribution in [3.05, 3.63) is 0 Å². The summed E-state index contributed by atoms with van der Waals surface area (Å²) < 4.78 is 147. The van der Waals surface area contributed by atoms with E-state index < -0.39 is 88.1 Å². The van der Waals surface area contributed by atoms with Crippen molar-refractivity contribution in [2.45, 2.75) is 285 Å². The zero-order chi connectivity index (χ0) is 51.3. The van der Waals surface area contributed by atoms with E-state index in [4.69, 9.17) is 26.8 Å². The Balaban J connectivity index is 6.08. The first-order valence-corrected chi connectivity index (χ1v) is 37.5. The maximum absolute atomic E-state index is 13.4. The summed E-state index contributed by atoms with van der Waals surface area (Å²) in [5, 5.41) is 0. The molecule has 0 aromatic carbocycles. The zero-order valence-electron chi connectivity index (χ0n) is 43.8. The number of hydrogen-bond acceptors (Lipinski definition) is 16. The molecule has 0 aliphatic heterocycles. The number of hydrogen-bond donors (Lipinski definition) is 0. The van der Waals surface area contributed by atoms with Gasteiger partial charge in [0.2, 0.25) is 0 Å². The summed E-state index contributed by atoms with van der Waals surface area (Å²) in [6.07, 6.45) is 37.7. The van der Waals surface area contributed by atoms with E-state index in [-0.39, 0.29) is 25.7 Å². The van der Waals surface area contributed by atoms with Gasteiger partial charge in [-0.05, 0) is 0 Å². The number of unbranched alkanes of at least 4 members (excludes halogenated alkanes) is 36. The van der Waals surface area contributed by atoms with Crippen molar-refractivity contribution < 1.29 is 60.5 Å². The summed E-state index contributed by atoms with van der Waals surface area (Å²) in [6.45, 7) is 6.84. The monoisotopic (exact) mass is 1180 g/mol. The van der Waals surface area contributed by atoms with Gasteiger partial charge in [0.25, 0.3) is 0 Å². The number of rotatable bonds is 56. The summed E-state index contributed by atoms with van der Waals surface area (Å²) in [7, 11) is -21.8. The van der Waals surface area contributed by atoms with Crippen LogP contribution in [0.2, 0.25) is 0 Å². The minimum Gasteiger partial charge on any atom is -0.0654 e. The van der Waals surface area contributed by atoms with Crippen molar-refractivity contribution in [3.8, 4) is 0 Å². The van der Waals surface area contributed by atoms with E-state index in [0.717, 1.165) is 154 Å². The van der Waals surface area contributed by atoms with Crippen LogP contribution in [-0.2, 0) is 68.4 Å². The molecule has 0 aromatic rings. The molecule has 16 nitrogen and oxygen atoms in total. The Morgan fingerprint density at radius 1 is 0.217 bits per heavy atom. The Hall–Kier alpha value is 0.279. The predicted octanol–water partition coefficient (Wildman–Crippen LogP) is 14.2. The van der Waals surface area contributed by atoms with Gasteiger partial charge in [-0.1, -0.05) is 79.1 Å². The van der Waals surface area contributed by atoms with Gasteiger partial charge < -0.3 is 0 Å². The first-order chi connectivity index (χ1) is 33.1. The Kier molecular flexibility index (Phi) is 45.8. The van der Waals surface area contributed by atoms with E-state index in [9.17, 15) is 33.7 Å². The van der Waals surface area contributed by atoms with Gasteiger partial charge in [-0.15, -0.1) is 0 Å². The third-order valence-electron chi connectivity index (χ3n) is 11.7. The Labute approximate surface area is 430 Å². The van der Waals surface area contributed by atoms with E-state index >= 15 is 0 Å². The third-order valence-corrected chi connectivity index (χ3v) is 29.2. The van der Waals surface area contributed by atoms with Gasteiger partial charge in [0.1, 0.15) is 0 Å². The van der Waals surface area contributed by atoms with Gasteiger partial charge in [0.05, 0.1) is 0 Å². The van der Waals surface area contributed by atoms with Crippen LogP contribution in [0.4, 0.5) is 0 Å². The van der Waals surface area contributed by atoms with Crippen molar-refractivity contribution in [2.24, 2.45) is 0 Å². The molecule has 0 fully saturated rings. The average Bonchev–Trinajstić information content (AvgIpc) is 3.27. The van der Waals surface area contributed by atoms with Crippen molar-refractivity contribution in [1.29, 1.82) is 0 Å². The van der Waals surface area contributed by atoms with Crippen LogP contribution in [0.1, 0.15) is 285 Å². The topological polar surface area (TPSA) is 210 Å². The second kappa shape index (κ2) is 45.7. The Morgan fingerprint density at radius 3 is 0.493 bits per heavy atom. The first kappa shape index (κ1) is 69.3.